The maximum Gasteiger partial charge on any atom is 0.210 e. The lowest BCUT2D eigenvalue weighted by Gasteiger charge is -2.03. The van der Waals surface area contributed by atoms with E-state index in [9.17, 15) is 0 Å². The van der Waals surface area contributed by atoms with E-state index in [1.165, 1.54) is 24.8 Å². The van der Waals surface area contributed by atoms with Gasteiger partial charge in [0.05, 0.1) is 0 Å². The van der Waals surface area contributed by atoms with Gasteiger partial charge < -0.3 is 5.84 Å². The second kappa shape index (κ2) is 6.61. The summed E-state index contributed by atoms with van der Waals surface area (Å²) in [4.78, 5) is 0. The Labute approximate surface area is 118 Å². The number of unbranched alkanes of at least 4 members (excludes halogenated alkanes) is 2. The Hall–Kier alpha value is -1.49. The maximum atomic E-state index is 6.06. The van der Waals surface area contributed by atoms with Gasteiger partial charge in [-0.05, 0) is 13.3 Å². The van der Waals surface area contributed by atoms with Gasteiger partial charge in [0.1, 0.15) is 0 Å². The first kappa shape index (κ1) is 13.9. The van der Waals surface area contributed by atoms with Gasteiger partial charge in [0.2, 0.25) is 5.16 Å². The summed E-state index contributed by atoms with van der Waals surface area (Å²) < 4.78 is 1.58. The highest BCUT2D eigenvalue weighted by Crippen LogP contribution is 2.22. The average Bonchev–Trinajstić information content (AvgIpc) is 2.77. The quantitative estimate of drug-likeness (QED) is 0.500. The molecular weight excluding hydrogens is 256 g/mol. The van der Waals surface area contributed by atoms with Crippen LogP contribution >= 0.6 is 11.8 Å². The molecule has 0 bridgehead atoms. The van der Waals surface area contributed by atoms with Crippen LogP contribution in [-0.2, 0) is 0 Å². The van der Waals surface area contributed by atoms with E-state index >= 15 is 0 Å². The molecule has 0 saturated heterocycles. The molecule has 1 heterocycles. The van der Waals surface area contributed by atoms with E-state index in [2.05, 4.69) is 36.2 Å². The maximum absolute atomic E-state index is 6.06. The normalized spacial score (nSPS) is 10.8. The molecule has 1 aromatic heterocycles. The Morgan fingerprint density at radius 3 is 2.58 bits per heavy atom. The van der Waals surface area contributed by atoms with E-state index in [4.69, 9.17) is 5.84 Å². The number of thioether (sulfide) groups is 1. The highest BCUT2D eigenvalue weighted by Gasteiger charge is 2.11. The van der Waals surface area contributed by atoms with Crippen LogP contribution < -0.4 is 5.84 Å². The summed E-state index contributed by atoms with van der Waals surface area (Å²) in [5.41, 5.74) is 2.22. The van der Waals surface area contributed by atoms with E-state index in [1.807, 2.05) is 12.1 Å². The van der Waals surface area contributed by atoms with Gasteiger partial charge in [-0.15, -0.1) is 10.2 Å². The zero-order valence-electron chi connectivity index (χ0n) is 11.5. The lowest BCUT2D eigenvalue weighted by atomic mass is 10.1. The van der Waals surface area contributed by atoms with Crippen LogP contribution in [0.1, 0.15) is 31.7 Å². The van der Waals surface area contributed by atoms with E-state index in [1.54, 1.807) is 16.4 Å². The van der Waals surface area contributed by atoms with Crippen LogP contribution in [0.5, 0.6) is 0 Å². The Morgan fingerprint density at radius 2 is 1.89 bits per heavy atom. The van der Waals surface area contributed by atoms with E-state index in [0.29, 0.717) is 0 Å². The number of nitrogen functional groups attached to an aromatic ring is 1. The number of aromatic nitrogens is 3. The predicted octanol–water partition coefficient (Wildman–Crippen LogP) is 3.25. The predicted molar refractivity (Wildman–Crippen MR) is 80.6 cm³/mol. The SMILES string of the molecule is CCCCCSc1nnc(-c2ccc(C)cc2)n1N. The number of benzene rings is 1. The van der Waals surface area contributed by atoms with Crippen molar-refractivity contribution in [2.45, 2.75) is 38.3 Å². The van der Waals surface area contributed by atoms with Crippen molar-refractivity contribution in [3.63, 3.8) is 0 Å². The standard InChI is InChI=1S/C14H20N4S/c1-3-4-5-10-19-14-17-16-13(18(14)15)12-8-6-11(2)7-9-12/h6-9H,3-5,10,15H2,1-2H3. The smallest absolute Gasteiger partial charge is 0.210 e. The summed E-state index contributed by atoms with van der Waals surface area (Å²) in [6.07, 6.45) is 3.66. The van der Waals surface area contributed by atoms with Crippen LogP contribution in [-0.4, -0.2) is 20.6 Å². The summed E-state index contributed by atoms with van der Waals surface area (Å²) in [6.45, 7) is 4.26. The average molecular weight is 276 g/mol. The lowest BCUT2D eigenvalue weighted by Crippen LogP contribution is -2.11. The van der Waals surface area contributed by atoms with Crippen LogP contribution in [0.2, 0.25) is 0 Å². The second-order valence-electron chi connectivity index (χ2n) is 4.60. The minimum absolute atomic E-state index is 0.720. The fourth-order valence-electron chi connectivity index (χ4n) is 1.79. The van der Waals surface area contributed by atoms with Gasteiger partial charge in [0.25, 0.3) is 0 Å². The molecule has 1 aromatic carbocycles. The minimum Gasteiger partial charge on any atom is -0.335 e. The third-order valence-electron chi connectivity index (χ3n) is 2.95. The minimum atomic E-state index is 0.720. The van der Waals surface area contributed by atoms with Crippen molar-refractivity contribution in [3.8, 4) is 11.4 Å². The van der Waals surface area contributed by atoms with Crippen LogP contribution in [0.25, 0.3) is 11.4 Å². The lowest BCUT2D eigenvalue weighted by molar-refractivity contribution is 0.774. The van der Waals surface area contributed by atoms with Gasteiger partial charge >= 0.3 is 0 Å². The molecule has 0 aliphatic heterocycles. The van der Waals surface area contributed by atoms with E-state index < -0.39 is 0 Å². The molecule has 0 unspecified atom stereocenters. The Kier molecular flexibility index (Phi) is 4.85. The van der Waals surface area contributed by atoms with Crippen LogP contribution in [0.4, 0.5) is 0 Å². The molecule has 102 valence electrons. The van der Waals surface area contributed by atoms with Crippen LogP contribution in [0.15, 0.2) is 29.4 Å². The van der Waals surface area contributed by atoms with Crippen molar-refractivity contribution < 1.29 is 0 Å². The van der Waals surface area contributed by atoms with Gasteiger partial charge in [-0.25, -0.2) is 4.68 Å². The monoisotopic (exact) mass is 276 g/mol. The number of aryl methyl sites for hydroxylation is 1. The van der Waals surface area contributed by atoms with Crippen molar-refractivity contribution in [2.75, 3.05) is 11.6 Å². The molecule has 2 rings (SSSR count). The molecule has 0 aliphatic carbocycles. The molecule has 0 fully saturated rings. The van der Waals surface area contributed by atoms with Gasteiger partial charge in [-0.2, -0.15) is 0 Å². The number of nitrogens with zero attached hydrogens (tertiary/aromatic N) is 3. The van der Waals surface area contributed by atoms with Crippen molar-refractivity contribution in [1.82, 2.24) is 14.9 Å². The summed E-state index contributed by atoms with van der Waals surface area (Å²) in [7, 11) is 0. The van der Waals surface area contributed by atoms with Gasteiger partial charge in [0, 0.05) is 11.3 Å². The fraction of sp³-hybridized carbons (Fsp3) is 0.429. The highest BCUT2D eigenvalue weighted by molar-refractivity contribution is 7.99. The molecule has 5 heteroatoms. The zero-order chi connectivity index (χ0) is 13.7. The summed E-state index contributed by atoms with van der Waals surface area (Å²) in [5.74, 6) is 7.82. The molecule has 4 nitrogen and oxygen atoms in total. The van der Waals surface area contributed by atoms with Gasteiger partial charge in [-0.1, -0.05) is 61.4 Å². The zero-order valence-corrected chi connectivity index (χ0v) is 12.3. The van der Waals surface area contributed by atoms with Crippen LogP contribution in [0, 0.1) is 6.92 Å². The Morgan fingerprint density at radius 1 is 1.16 bits per heavy atom. The molecule has 19 heavy (non-hydrogen) atoms. The number of rotatable bonds is 6. The third kappa shape index (κ3) is 3.50. The first-order valence-electron chi connectivity index (χ1n) is 6.62. The first-order chi connectivity index (χ1) is 9.22. The molecule has 2 aromatic rings. The molecule has 0 saturated carbocycles. The van der Waals surface area contributed by atoms with Crippen LogP contribution in [0.3, 0.4) is 0 Å². The molecule has 0 amide bonds. The topological polar surface area (TPSA) is 56.7 Å². The molecule has 2 N–H and O–H groups in total. The molecular formula is C14H20N4S. The Balaban J connectivity index is 2.07. The fourth-order valence-corrected chi connectivity index (χ4v) is 2.65. The third-order valence-corrected chi connectivity index (χ3v) is 3.98. The van der Waals surface area contributed by atoms with E-state index in [0.717, 1.165) is 22.3 Å². The molecule has 0 spiro atoms. The first-order valence-corrected chi connectivity index (χ1v) is 7.61. The number of hydrogen-bond donors (Lipinski definition) is 1. The van der Waals surface area contributed by atoms with Crippen molar-refractivity contribution >= 4 is 11.8 Å². The molecule has 0 atom stereocenters. The van der Waals surface area contributed by atoms with E-state index in [-0.39, 0.29) is 0 Å². The van der Waals surface area contributed by atoms with Crippen molar-refractivity contribution in [3.05, 3.63) is 29.8 Å². The summed E-state index contributed by atoms with van der Waals surface area (Å²) in [5, 5.41) is 9.13. The van der Waals surface area contributed by atoms with Crippen molar-refractivity contribution in [2.24, 2.45) is 0 Å². The number of nitrogens with two attached hydrogens (primary N) is 1. The largest absolute Gasteiger partial charge is 0.335 e. The summed E-state index contributed by atoms with van der Waals surface area (Å²) in [6, 6.07) is 8.15. The van der Waals surface area contributed by atoms with Crippen molar-refractivity contribution in [1.29, 1.82) is 0 Å². The second-order valence-corrected chi connectivity index (χ2v) is 5.66. The molecule has 0 radical (unpaired) electrons. The molecule has 0 aliphatic rings. The highest BCUT2D eigenvalue weighted by atomic mass is 32.2. The summed E-state index contributed by atoms with van der Waals surface area (Å²) >= 11 is 1.67. The van der Waals surface area contributed by atoms with Gasteiger partial charge in [-0.3, -0.25) is 0 Å². The Bertz CT molecular complexity index is 519. The number of hydrogen-bond acceptors (Lipinski definition) is 4. The van der Waals surface area contributed by atoms with Gasteiger partial charge in [0.15, 0.2) is 5.82 Å².